The van der Waals surface area contributed by atoms with Crippen molar-refractivity contribution in [2.75, 3.05) is 26.2 Å². The van der Waals surface area contributed by atoms with Gasteiger partial charge in [-0.1, -0.05) is 6.42 Å². The third kappa shape index (κ3) is 2.73. The number of hydrogen-bond donors (Lipinski definition) is 1. The van der Waals surface area contributed by atoms with Gasteiger partial charge in [-0.15, -0.1) is 11.3 Å². The van der Waals surface area contributed by atoms with Crippen LogP contribution in [0.5, 0.6) is 0 Å². The summed E-state index contributed by atoms with van der Waals surface area (Å²) in [6.07, 6.45) is 3.24. The van der Waals surface area contributed by atoms with Crippen molar-refractivity contribution in [3.05, 3.63) is 16.1 Å². The molecule has 6 heteroatoms. The molecule has 2 aliphatic rings. The number of aliphatic hydroxyl groups is 1. The van der Waals surface area contributed by atoms with Crippen molar-refractivity contribution in [3.63, 3.8) is 0 Å². The Morgan fingerprint density at radius 2 is 2.10 bits per heavy atom. The summed E-state index contributed by atoms with van der Waals surface area (Å²) in [5, 5.41) is 13.0. The van der Waals surface area contributed by atoms with E-state index in [1.807, 2.05) is 6.92 Å². The molecule has 0 radical (unpaired) electrons. The zero-order valence-electron chi connectivity index (χ0n) is 11.8. The quantitative estimate of drug-likeness (QED) is 0.888. The molecule has 0 bridgehead atoms. The molecule has 3 heterocycles. The first-order valence-corrected chi connectivity index (χ1v) is 8.16. The third-order valence-corrected chi connectivity index (χ3v) is 5.02. The van der Waals surface area contributed by atoms with Gasteiger partial charge in [-0.3, -0.25) is 9.69 Å². The lowest BCUT2D eigenvalue weighted by molar-refractivity contribution is 0.0702. The Morgan fingerprint density at radius 1 is 1.35 bits per heavy atom. The summed E-state index contributed by atoms with van der Waals surface area (Å²) < 4.78 is 0. The number of likely N-dealkylation sites (tertiary alicyclic amines) is 2. The van der Waals surface area contributed by atoms with Gasteiger partial charge in [0.1, 0.15) is 5.69 Å². The van der Waals surface area contributed by atoms with Gasteiger partial charge in [0.25, 0.3) is 5.91 Å². The molecule has 5 nitrogen and oxygen atoms in total. The number of aryl methyl sites for hydroxylation is 1. The molecular weight excluding hydrogens is 274 g/mol. The Bertz CT molecular complexity index is 485. The minimum Gasteiger partial charge on any atom is -0.390 e. The van der Waals surface area contributed by atoms with Crippen LogP contribution in [-0.4, -0.2) is 64.1 Å². The molecule has 0 aromatic carbocycles. The minimum atomic E-state index is -0.434. The largest absolute Gasteiger partial charge is 0.390 e. The van der Waals surface area contributed by atoms with Gasteiger partial charge >= 0.3 is 0 Å². The number of carbonyl (C=O) groups is 1. The van der Waals surface area contributed by atoms with Crippen LogP contribution in [-0.2, 0) is 0 Å². The number of nitrogens with zero attached hydrogens (tertiary/aromatic N) is 3. The van der Waals surface area contributed by atoms with Gasteiger partial charge in [0.15, 0.2) is 0 Å². The van der Waals surface area contributed by atoms with Crippen molar-refractivity contribution < 1.29 is 9.90 Å². The van der Waals surface area contributed by atoms with Gasteiger partial charge in [0.2, 0.25) is 0 Å². The third-order valence-electron chi connectivity index (χ3n) is 4.24. The summed E-state index contributed by atoms with van der Waals surface area (Å²) in [6.45, 7) is 5.03. The van der Waals surface area contributed by atoms with Crippen LogP contribution in [0.3, 0.4) is 0 Å². The molecule has 3 rings (SSSR count). The second kappa shape index (κ2) is 5.79. The van der Waals surface area contributed by atoms with Crippen LogP contribution in [0.25, 0.3) is 0 Å². The van der Waals surface area contributed by atoms with E-state index in [0.717, 1.165) is 18.1 Å². The number of thiazole rings is 1. The van der Waals surface area contributed by atoms with Gasteiger partial charge < -0.3 is 10.0 Å². The van der Waals surface area contributed by atoms with Crippen LogP contribution >= 0.6 is 11.3 Å². The molecule has 2 fully saturated rings. The monoisotopic (exact) mass is 295 g/mol. The Morgan fingerprint density at radius 3 is 2.75 bits per heavy atom. The van der Waals surface area contributed by atoms with Crippen molar-refractivity contribution >= 4 is 17.2 Å². The topological polar surface area (TPSA) is 56.7 Å². The highest BCUT2D eigenvalue weighted by molar-refractivity contribution is 7.09. The van der Waals surface area contributed by atoms with Crippen LogP contribution < -0.4 is 0 Å². The molecule has 0 aliphatic carbocycles. The normalized spacial score (nSPS) is 28.0. The van der Waals surface area contributed by atoms with Crippen molar-refractivity contribution in [1.29, 1.82) is 0 Å². The van der Waals surface area contributed by atoms with Gasteiger partial charge in [-0.25, -0.2) is 4.98 Å². The molecule has 0 spiro atoms. The van der Waals surface area contributed by atoms with Crippen molar-refractivity contribution in [1.82, 2.24) is 14.8 Å². The fourth-order valence-corrected chi connectivity index (χ4v) is 3.75. The number of amides is 1. The van der Waals surface area contributed by atoms with E-state index in [9.17, 15) is 9.90 Å². The summed E-state index contributed by atoms with van der Waals surface area (Å²) in [6, 6.07) is 0.0963. The van der Waals surface area contributed by atoms with E-state index >= 15 is 0 Å². The SMILES string of the molecule is Cc1nc(C(=O)N2C[C@H](O)[C@@H](N3CCCCC3)C2)cs1. The molecule has 20 heavy (non-hydrogen) atoms. The molecule has 1 amide bonds. The second-order valence-corrected chi connectivity index (χ2v) is 6.76. The van der Waals surface area contributed by atoms with E-state index in [1.165, 1.54) is 30.6 Å². The number of rotatable bonds is 2. The van der Waals surface area contributed by atoms with Crippen LogP contribution in [0.15, 0.2) is 5.38 Å². The van der Waals surface area contributed by atoms with Crippen LogP contribution in [0.2, 0.25) is 0 Å². The summed E-state index contributed by atoms with van der Waals surface area (Å²) in [5.41, 5.74) is 0.513. The number of piperidine rings is 1. The fraction of sp³-hybridized carbons (Fsp3) is 0.714. The average Bonchev–Trinajstić information content (AvgIpc) is 3.05. The van der Waals surface area contributed by atoms with Crippen molar-refractivity contribution in [2.24, 2.45) is 0 Å². The molecule has 1 N–H and O–H groups in total. The van der Waals surface area contributed by atoms with Crippen LogP contribution in [0.1, 0.15) is 34.8 Å². The number of β-amino-alcohol motifs (C(OH)–C–C–N with tert-alkyl or cyclic N) is 1. The molecule has 2 aliphatic heterocycles. The first-order valence-electron chi connectivity index (χ1n) is 7.28. The highest BCUT2D eigenvalue weighted by Crippen LogP contribution is 2.22. The van der Waals surface area contributed by atoms with Gasteiger partial charge in [-0.05, 0) is 32.9 Å². The van der Waals surface area contributed by atoms with E-state index in [1.54, 1.807) is 10.3 Å². The van der Waals surface area contributed by atoms with Gasteiger partial charge in [0.05, 0.1) is 17.2 Å². The summed E-state index contributed by atoms with van der Waals surface area (Å²) >= 11 is 1.49. The maximum atomic E-state index is 12.4. The standard InChI is InChI=1S/C14H21N3O2S/c1-10-15-11(9-20-10)14(19)17-7-12(13(18)8-17)16-5-3-2-4-6-16/h9,12-13,18H,2-8H2,1H3/t12-,13-/m0/s1. The molecular formula is C14H21N3O2S. The van der Waals surface area contributed by atoms with E-state index < -0.39 is 6.10 Å². The highest BCUT2D eigenvalue weighted by atomic mass is 32.1. The number of aromatic nitrogens is 1. The summed E-state index contributed by atoms with van der Waals surface area (Å²) in [7, 11) is 0. The van der Waals surface area contributed by atoms with E-state index in [2.05, 4.69) is 9.88 Å². The average molecular weight is 295 g/mol. The lowest BCUT2D eigenvalue weighted by Crippen LogP contribution is -2.46. The van der Waals surface area contributed by atoms with E-state index in [4.69, 9.17) is 0 Å². The fourth-order valence-electron chi connectivity index (χ4n) is 3.17. The zero-order valence-corrected chi connectivity index (χ0v) is 12.6. The molecule has 0 unspecified atom stereocenters. The van der Waals surface area contributed by atoms with Crippen LogP contribution in [0, 0.1) is 6.92 Å². The number of aliphatic hydroxyl groups excluding tert-OH is 1. The second-order valence-electron chi connectivity index (χ2n) is 5.69. The van der Waals surface area contributed by atoms with Crippen molar-refractivity contribution in [2.45, 2.75) is 38.3 Å². The molecule has 1 aromatic heterocycles. The Labute approximate surface area is 123 Å². The molecule has 0 saturated carbocycles. The summed E-state index contributed by atoms with van der Waals surface area (Å²) in [5.74, 6) is -0.0482. The Hall–Kier alpha value is -0.980. The smallest absolute Gasteiger partial charge is 0.273 e. The first-order chi connectivity index (χ1) is 9.65. The predicted molar refractivity (Wildman–Crippen MR) is 78.0 cm³/mol. The predicted octanol–water partition coefficient (Wildman–Crippen LogP) is 1.12. The Balaban J connectivity index is 1.66. The molecule has 1 aromatic rings. The lowest BCUT2D eigenvalue weighted by Gasteiger charge is -2.33. The maximum absolute atomic E-state index is 12.4. The molecule has 2 atom stereocenters. The van der Waals surface area contributed by atoms with Gasteiger partial charge in [-0.2, -0.15) is 0 Å². The zero-order chi connectivity index (χ0) is 14.1. The van der Waals surface area contributed by atoms with E-state index in [-0.39, 0.29) is 11.9 Å². The van der Waals surface area contributed by atoms with E-state index in [0.29, 0.717) is 18.8 Å². The number of hydrogen-bond acceptors (Lipinski definition) is 5. The maximum Gasteiger partial charge on any atom is 0.273 e. The summed E-state index contributed by atoms with van der Waals surface area (Å²) in [4.78, 5) is 20.7. The Kier molecular flexibility index (Phi) is 4.05. The number of carbonyl (C=O) groups excluding carboxylic acids is 1. The van der Waals surface area contributed by atoms with Crippen molar-refractivity contribution in [3.8, 4) is 0 Å². The van der Waals surface area contributed by atoms with Crippen LogP contribution in [0.4, 0.5) is 0 Å². The molecule has 2 saturated heterocycles. The highest BCUT2D eigenvalue weighted by Gasteiger charge is 2.38. The minimum absolute atomic E-state index is 0.0482. The lowest BCUT2D eigenvalue weighted by atomic mass is 10.1. The first kappa shape index (κ1) is 14.0. The molecule has 110 valence electrons. The van der Waals surface area contributed by atoms with Gasteiger partial charge in [0, 0.05) is 18.5 Å².